The monoisotopic (exact) mass is 328 g/mol. The van der Waals surface area contributed by atoms with E-state index in [4.69, 9.17) is 10.5 Å². The maximum Gasteiger partial charge on any atom is 0.114 e. The lowest BCUT2D eigenvalue weighted by molar-refractivity contribution is -0.154. The van der Waals surface area contributed by atoms with Crippen LogP contribution in [0.15, 0.2) is 30.3 Å². The molecule has 1 spiro atoms. The van der Waals surface area contributed by atoms with Crippen molar-refractivity contribution in [2.45, 2.75) is 75.7 Å². The maximum absolute atomic E-state index is 6.60. The lowest BCUT2D eigenvalue weighted by atomic mass is 9.68. The first-order valence-corrected chi connectivity index (χ1v) is 9.85. The molecule has 1 aromatic rings. The fourth-order valence-corrected chi connectivity index (χ4v) is 5.51. The lowest BCUT2D eigenvalue weighted by Crippen LogP contribution is -2.55. The van der Waals surface area contributed by atoms with E-state index in [0.29, 0.717) is 12.0 Å². The van der Waals surface area contributed by atoms with Crippen LogP contribution >= 0.6 is 0 Å². The van der Waals surface area contributed by atoms with Crippen LogP contribution in [0.5, 0.6) is 0 Å². The zero-order valence-electron chi connectivity index (χ0n) is 15.0. The molecule has 0 bridgehead atoms. The van der Waals surface area contributed by atoms with Crippen molar-refractivity contribution in [3.63, 3.8) is 0 Å². The van der Waals surface area contributed by atoms with Gasteiger partial charge in [-0.3, -0.25) is 4.90 Å². The van der Waals surface area contributed by atoms with Crippen LogP contribution in [0.25, 0.3) is 0 Å². The average molecular weight is 328 g/mol. The molecule has 3 fully saturated rings. The van der Waals surface area contributed by atoms with Crippen LogP contribution < -0.4 is 5.73 Å². The van der Waals surface area contributed by atoms with Gasteiger partial charge in [0.05, 0.1) is 5.60 Å². The second-order valence-corrected chi connectivity index (χ2v) is 8.48. The second-order valence-electron chi connectivity index (χ2n) is 8.48. The van der Waals surface area contributed by atoms with Gasteiger partial charge < -0.3 is 10.5 Å². The fourth-order valence-electron chi connectivity index (χ4n) is 5.51. The molecule has 3 heteroatoms. The van der Waals surface area contributed by atoms with Crippen LogP contribution in [-0.4, -0.2) is 35.4 Å². The number of hydrogen-bond acceptors (Lipinski definition) is 3. The Labute approximate surface area is 146 Å². The van der Waals surface area contributed by atoms with Crippen molar-refractivity contribution < 1.29 is 4.74 Å². The first kappa shape index (κ1) is 16.6. The first-order chi connectivity index (χ1) is 11.6. The van der Waals surface area contributed by atoms with Crippen LogP contribution in [0.3, 0.4) is 0 Å². The number of benzene rings is 1. The molecule has 2 heterocycles. The minimum Gasteiger partial charge on any atom is -0.354 e. The van der Waals surface area contributed by atoms with Crippen molar-refractivity contribution in [2.75, 3.05) is 13.1 Å². The van der Waals surface area contributed by atoms with Gasteiger partial charge in [0.25, 0.3) is 0 Å². The highest BCUT2D eigenvalue weighted by Gasteiger charge is 2.54. The van der Waals surface area contributed by atoms with Gasteiger partial charge >= 0.3 is 0 Å². The summed E-state index contributed by atoms with van der Waals surface area (Å²) < 4.78 is 6.60. The quantitative estimate of drug-likeness (QED) is 0.919. The van der Waals surface area contributed by atoms with Crippen LogP contribution in [0, 0.1) is 5.92 Å². The SMILES string of the molecule is CC1(N)CCC2(CCCC(N3CCCC3)C2Cc2ccccc2)O1. The predicted octanol–water partition coefficient (Wildman–Crippen LogP) is 3.72. The summed E-state index contributed by atoms with van der Waals surface area (Å²) in [5.41, 5.74) is 7.40. The lowest BCUT2D eigenvalue weighted by Gasteiger charge is -2.49. The van der Waals surface area contributed by atoms with E-state index in [9.17, 15) is 0 Å². The van der Waals surface area contributed by atoms with Crippen molar-refractivity contribution in [1.29, 1.82) is 0 Å². The van der Waals surface area contributed by atoms with E-state index in [0.717, 1.165) is 19.3 Å². The molecule has 24 heavy (non-hydrogen) atoms. The predicted molar refractivity (Wildman–Crippen MR) is 97.7 cm³/mol. The molecule has 132 valence electrons. The van der Waals surface area contributed by atoms with E-state index >= 15 is 0 Å². The van der Waals surface area contributed by atoms with Crippen molar-refractivity contribution in [2.24, 2.45) is 11.7 Å². The van der Waals surface area contributed by atoms with Gasteiger partial charge in [0.2, 0.25) is 0 Å². The zero-order valence-corrected chi connectivity index (χ0v) is 15.0. The van der Waals surface area contributed by atoms with Crippen molar-refractivity contribution in [3.8, 4) is 0 Å². The van der Waals surface area contributed by atoms with E-state index < -0.39 is 5.72 Å². The second kappa shape index (κ2) is 6.44. The minimum atomic E-state index is -0.443. The Bertz CT molecular complexity index is 552. The van der Waals surface area contributed by atoms with Gasteiger partial charge in [-0.05, 0) is 76.9 Å². The third kappa shape index (κ3) is 3.14. The Morgan fingerprint density at radius 1 is 1.08 bits per heavy atom. The Morgan fingerprint density at radius 2 is 1.83 bits per heavy atom. The number of ether oxygens (including phenoxy) is 1. The summed E-state index contributed by atoms with van der Waals surface area (Å²) in [5, 5.41) is 0. The van der Waals surface area contributed by atoms with Gasteiger partial charge in [0.15, 0.2) is 0 Å². The van der Waals surface area contributed by atoms with E-state index in [1.165, 1.54) is 50.8 Å². The molecule has 0 amide bonds. The average Bonchev–Trinajstić information content (AvgIpc) is 3.19. The highest BCUT2D eigenvalue weighted by molar-refractivity contribution is 5.18. The van der Waals surface area contributed by atoms with Gasteiger partial charge in [-0.25, -0.2) is 0 Å². The summed E-state index contributed by atoms with van der Waals surface area (Å²) in [5.74, 6) is 0.567. The molecule has 4 rings (SSSR count). The Morgan fingerprint density at radius 3 is 2.50 bits per heavy atom. The molecule has 3 nitrogen and oxygen atoms in total. The van der Waals surface area contributed by atoms with E-state index in [-0.39, 0.29) is 5.60 Å². The molecule has 1 aromatic carbocycles. The zero-order chi connectivity index (χ0) is 16.6. The molecule has 3 aliphatic rings. The number of likely N-dealkylation sites (tertiary alicyclic amines) is 1. The highest BCUT2D eigenvalue weighted by atomic mass is 16.5. The van der Waals surface area contributed by atoms with E-state index in [2.05, 4.69) is 42.2 Å². The maximum atomic E-state index is 6.60. The van der Waals surface area contributed by atoms with Crippen molar-refractivity contribution >= 4 is 0 Å². The van der Waals surface area contributed by atoms with Crippen molar-refractivity contribution in [1.82, 2.24) is 4.90 Å². The molecule has 1 aliphatic carbocycles. The van der Waals surface area contributed by atoms with E-state index in [1.54, 1.807) is 0 Å². The molecule has 0 radical (unpaired) electrons. The Kier molecular flexibility index (Phi) is 4.44. The number of nitrogens with two attached hydrogens (primary N) is 1. The summed E-state index contributed by atoms with van der Waals surface area (Å²) >= 11 is 0. The molecule has 1 saturated carbocycles. The molecular formula is C21H32N2O. The highest BCUT2D eigenvalue weighted by Crippen LogP contribution is 2.50. The third-order valence-corrected chi connectivity index (χ3v) is 6.63. The van der Waals surface area contributed by atoms with Gasteiger partial charge in [-0.1, -0.05) is 30.3 Å². The minimum absolute atomic E-state index is 0.00908. The Balaban J connectivity index is 1.64. The molecule has 0 aromatic heterocycles. The molecular weight excluding hydrogens is 296 g/mol. The largest absolute Gasteiger partial charge is 0.354 e. The Hall–Kier alpha value is -0.900. The van der Waals surface area contributed by atoms with Gasteiger partial charge in [0, 0.05) is 12.0 Å². The summed E-state index contributed by atoms with van der Waals surface area (Å²) in [6.45, 7) is 4.61. The molecule has 4 atom stereocenters. The summed E-state index contributed by atoms with van der Waals surface area (Å²) in [7, 11) is 0. The van der Waals surface area contributed by atoms with Crippen LogP contribution in [0.2, 0.25) is 0 Å². The summed E-state index contributed by atoms with van der Waals surface area (Å²) in [6.07, 6.45) is 9.74. The van der Waals surface area contributed by atoms with Gasteiger partial charge in [0.1, 0.15) is 5.72 Å². The standard InChI is InChI=1S/C21H32N2O/c1-20(22)12-13-21(24-20)11-7-10-19(23-14-5-6-15-23)18(21)16-17-8-3-2-4-9-17/h2-4,8-9,18-19H,5-7,10-16,22H2,1H3. The van der Waals surface area contributed by atoms with Crippen LogP contribution in [0.4, 0.5) is 0 Å². The van der Waals surface area contributed by atoms with Gasteiger partial charge in [-0.2, -0.15) is 0 Å². The van der Waals surface area contributed by atoms with Crippen molar-refractivity contribution in [3.05, 3.63) is 35.9 Å². The van der Waals surface area contributed by atoms with Crippen LogP contribution in [0.1, 0.15) is 57.4 Å². The normalized spacial score (nSPS) is 40.4. The number of nitrogens with zero attached hydrogens (tertiary/aromatic N) is 1. The fraction of sp³-hybridized carbons (Fsp3) is 0.714. The molecule has 4 unspecified atom stereocenters. The topological polar surface area (TPSA) is 38.5 Å². The first-order valence-electron chi connectivity index (χ1n) is 9.85. The van der Waals surface area contributed by atoms with E-state index in [1.807, 2.05) is 0 Å². The molecule has 2 saturated heterocycles. The number of hydrogen-bond donors (Lipinski definition) is 1. The smallest absolute Gasteiger partial charge is 0.114 e. The summed E-state index contributed by atoms with van der Waals surface area (Å²) in [4.78, 5) is 2.75. The molecule has 2 aliphatic heterocycles. The van der Waals surface area contributed by atoms with Crippen LogP contribution in [-0.2, 0) is 11.2 Å². The number of rotatable bonds is 3. The summed E-state index contributed by atoms with van der Waals surface area (Å²) in [6, 6.07) is 11.7. The molecule has 2 N–H and O–H groups in total. The van der Waals surface area contributed by atoms with Gasteiger partial charge in [-0.15, -0.1) is 0 Å². The third-order valence-electron chi connectivity index (χ3n) is 6.63.